The molecule has 1 aliphatic rings. The van der Waals surface area contributed by atoms with Crippen LogP contribution >= 0.6 is 0 Å². The van der Waals surface area contributed by atoms with Gasteiger partial charge in [0.2, 0.25) is 0 Å². The van der Waals surface area contributed by atoms with Crippen LogP contribution in [0.3, 0.4) is 0 Å². The fourth-order valence-corrected chi connectivity index (χ4v) is 1.11. The summed E-state index contributed by atoms with van der Waals surface area (Å²) in [5.74, 6) is -1.04. The van der Waals surface area contributed by atoms with Gasteiger partial charge < -0.3 is 10.1 Å². The smallest absolute Gasteiger partial charge is 0.321 e. The maximum Gasteiger partial charge on any atom is 0.321 e. The van der Waals surface area contributed by atoms with Crippen molar-refractivity contribution in [3.63, 3.8) is 0 Å². The van der Waals surface area contributed by atoms with Gasteiger partial charge in [0.15, 0.2) is 6.61 Å². The van der Waals surface area contributed by atoms with Crippen LogP contribution in [0.15, 0.2) is 0 Å². The summed E-state index contributed by atoms with van der Waals surface area (Å²) in [6.45, 7) is 4.98. The first kappa shape index (κ1) is 13.5. The Labute approximate surface area is 100 Å². The van der Waals surface area contributed by atoms with Gasteiger partial charge in [0.05, 0.1) is 5.92 Å². The van der Waals surface area contributed by atoms with Crippen molar-refractivity contribution in [1.29, 1.82) is 0 Å². The van der Waals surface area contributed by atoms with Crippen LogP contribution in [0.5, 0.6) is 0 Å². The number of carbonyl (C=O) groups excluding carboxylic acids is 3. The van der Waals surface area contributed by atoms with Gasteiger partial charge in [-0.15, -0.1) is 0 Å². The van der Waals surface area contributed by atoms with Gasteiger partial charge in [0.1, 0.15) is 0 Å². The molecule has 1 aliphatic carbocycles. The lowest BCUT2D eigenvalue weighted by Gasteiger charge is -2.20. The molecule has 6 nitrogen and oxygen atoms in total. The van der Waals surface area contributed by atoms with E-state index < -0.39 is 24.1 Å². The third-order valence-electron chi connectivity index (χ3n) is 2.00. The molecule has 0 atom stereocenters. The van der Waals surface area contributed by atoms with Crippen LogP contribution in [0.25, 0.3) is 0 Å². The Hall–Kier alpha value is -1.59. The number of rotatable bonds is 3. The molecular formula is C11H18N2O4. The van der Waals surface area contributed by atoms with Crippen LogP contribution in [-0.2, 0) is 14.3 Å². The Morgan fingerprint density at radius 3 is 2.29 bits per heavy atom. The zero-order valence-corrected chi connectivity index (χ0v) is 10.3. The first-order chi connectivity index (χ1) is 7.78. The largest absolute Gasteiger partial charge is 0.455 e. The molecular weight excluding hydrogens is 224 g/mol. The summed E-state index contributed by atoms with van der Waals surface area (Å²) in [6, 6.07) is -0.593. The molecule has 0 bridgehead atoms. The summed E-state index contributed by atoms with van der Waals surface area (Å²) in [4.78, 5) is 33.6. The molecule has 0 aromatic rings. The van der Waals surface area contributed by atoms with Gasteiger partial charge in [-0.2, -0.15) is 0 Å². The van der Waals surface area contributed by atoms with Gasteiger partial charge in [-0.3, -0.25) is 14.9 Å². The lowest BCUT2D eigenvalue weighted by atomic mass is 10.1. The second-order valence-electron chi connectivity index (χ2n) is 5.13. The predicted octanol–water partition coefficient (Wildman–Crippen LogP) is 0.564. The predicted molar refractivity (Wildman–Crippen MR) is 60.1 cm³/mol. The topological polar surface area (TPSA) is 84.5 Å². The summed E-state index contributed by atoms with van der Waals surface area (Å²) < 4.78 is 4.73. The molecule has 1 saturated carbocycles. The Bertz CT molecular complexity index is 329. The maximum atomic E-state index is 11.3. The molecule has 96 valence electrons. The normalized spacial score (nSPS) is 15.0. The summed E-state index contributed by atoms with van der Waals surface area (Å²) >= 11 is 0. The van der Waals surface area contributed by atoms with E-state index in [-0.39, 0.29) is 11.9 Å². The first-order valence-corrected chi connectivity index (χ1v) is 5.56. The van der Waals surface area contributed by atoms with Crippen molar-refractivity contribution in [3.8, 4) is 0 Å². The highest BCUT2D eigenvalue weighted by molar-refractivity contribution is 5.95. The SMILES string of the molecule is CC(C)(C)NC(=O)NC(=O)COC(=O)C1CC1. The second kappa shape index (κ2) is 5.16. The number of esters is 1. The van der Waals surface area contributed by atoms with Crippen LogP contribution in [-0.4, -0.2) is 30.1 Å². The minimum Gasteiger partial charge on any atom is -0.455 e. The van der Waals surface area contributed by atoms with Crippen molar-refractivity contribution >= 4 is 17.9 Å². The molecule has 0 aromatic carbocycles. The van der Waals surface area contributed by atoms with Gasteiger partial charge in [-0.1, -0.05) is 0 Å². The molecule has 1 rings (SSSR count). The van der Waals surface area contributed by atoms with Crippen molar-refractivity contribution in [2.24, 2.45) is 5.92 Å². The van der Waals surface area contributed by atoms with Crippen molar-refractivity contribution in [1.82, 2.24) is 10.6 Å². The van der Waals surface area contributed by atoms with Gasteiger partial charge in [-0.05, 0) is 33.6 Å². The minimum atomic E-state index is -0.624. The van der Waals surface area contributed by atoms with Gasteiger partial charge in [0.25, 0.3) is 5.91 Å². The number of amides is 3. The van der Waals surface area contributed by atoms with E-state index in [0.29, 0.717) is 0 Å². The molecule has 0 spiro atoms. The summed E-state index contributed by atoms with van der Waals surface area (Å²) in [5.41, 5.74) is -0.422. The van der Waals surface area contributed by atoms with Crippen molar-refractivity contribution in [3.05, 3.63) is 0 Å². The Morgan fingerprint density at radius 1 is 1.24 bits per heavy atom. The molecule has 0 radical (unpaired) electrons. The fraction of sp³-hybridized carbons (Fsp3) is 0.727. The van der Waals surface area contributed by atoms with Crippen molar-refractivity contribution in [2.75, 3.05) is 6.61 Å². The third kappa shape index (κ3) is 5.89. The molecule has 0 aromatic heterocycles. The molecule has 2 N–H and O–H groups in total. The van der Waals surface area contributed by atoms with E-state index in [1.807, 2.05) is 0 Å². The van der Waals surface area contributed by atoms with Crippen molar-refractivity contribution < 1.29 is 19.1 Å². The molecule has 0 aliphatic heterocycles. The molecule has 0 saturated heterocycles. The van der Waals surface area contributed by atoms with E-state index >= 15 is 0 Å². The highest BCUT2D eigenvalue weighted by atomic mass is 16.5. The van der Waals surface area contributed by atoms with E-state index in [2.05, 4.69) is 10.6 Å². The number of hydrogen-bond acceptors (Lipinski definition) is 4. The first-order valence-electron chi connectivity index (χ1n) is 5.56. The number of hydrogen-bond donors (Lipinski definition) is 2. The van der Waals surface area contributed by atoms with Crippen LogP contribution < -0.4 is 10.6 Å². The van der Waals surface area contributed by atoms with E-state index in [1.165, 1.54) is 0 Å². The average molecular weight is 242 g/mol. The molecule has 0 heterocycles. The van der Waals surface area contributed by atoms with Crippen LogP contribution in [0.2, 0.25) is 0 Å². The number of nitrogens with one attached hydrogen (secondary N) is 2. The second-order valence-corrected chi connectivity index (χ2v) is 5.13. The van der Waals surface area contributed by atoms with Crippen LogP contribution in [0, 0.1) is 5.92 Å². The maximum absolute atomic E-state index is 11.3. The van der Waals surface area contributed by atoms with Gasteiger partial charge in [0, 0.05) is 5.54 Å². The monoisotopic (exact) mass is 242 g/mol. The molecule has 17 heavy (non-hydrogen) atoms. The Balaban J connectivity index is 2.19. The van der Waals surface area contributed by atoms with Gasteiger partial charge >= 0.3 is 12.0 Å². The van der Waals surface area contributed by atoms with E-state index in [4.69, 9.17) is 4.74 Å². The number of urea groups is 1. The van der Waals surface area contributed by atoms with E-state index in [1.54, 1.807) is 20.8 Å². The lowest BCUT2D eigenvalue weighted by Crippen LogP contribution is -2.49. The molecule has 0 unspecified atom stereocenters. The molecule has 3 amide bonds. The zero-order chi connectivity index (χ0) is 13.1. The highest BCUT2D eigenvalue weighted by Crippen LogP contribution is 2.29. The standard InChI is InChI=1S/C11H18N2O4/c1-11(2,3)13-10(16)12-8(14)6-17-9(15)7-4-5-7/h7H,4-6H2,1-3H3,(H2,12,13,14,16). The van der Waals surface area contributed by atoms with Crippen molar-refractivity contribution in [2.45, 2.75) is 39.2 Å². The van der Waals surface area contributed by atoms with Crippen LogP contribution in [0.4, 0.5) is 4.79 Å². The van der Waals surface area contributed by atoms with E-state index in [0.717, 1.165) is 12.8 Å². The summed E-state index contributed by atoms with van der Waals surface area (Å²) in [5, 5.41) is 4.65. The molecule has 6 heteroatoms. The minimum absolute atomic E-state index is 0.0498. The van der Waals surface area contributed by atoms with Gasteiger partial charge in [-0.25, -0.2) is 4.79 Å². The average Bonchev–Trinajstić information content (AvgIpc) is 2.93. The zero-order valence-electron chi connectivity index (χ0n) is 10.3. The van der Waals surface area contributed by atoms with Crippen LogP contribution in [0.1, 0.15) is 33.6 Å². The quantitative estimate of drug-likeness (QED) is 0.708. The number of carbonyl (C=O) groups is 3. The molecule has 1 fully saturated rings. The van der Waals surface area contributed by atoms with E-state index in [9.17, 15) is 14.4 Å². The Kier molecular flexibility index (Phi) is 4.09. The third-order valence-corrected chi connectivity index (χ3v) is 2.00. The summed E-state index contributed by atoms with van der Waals surface area (Å²) in [6.07, 6.45) is 1.65. The Morgan fingerprint density at radius 2 is 1.82 bits per heavy atom. The summed E-state index contributed by atoms with van der Waals surface area (Å²) in [7, 11) is 0. The lowest BCUT2D eigenvalue weighted by molar-refractivity contribution is -0.149. The number of ether oxygens (including phenoxy) is 1. The fourth-order valence-electron chi connectivity index (χ4n) is 1.11. The number of imide groups is 1. The highest BCUT2D eigenvalue weighted by Gasteiger charge is 2.31.